The van der Waals surface area contributed by atoms with Gasteiger partial charge in [-0.3, -0.25) is 0 Å². The first-order valence-corrected chi connectivity index (χ1v) is 11.1. The van der Waals surface area contributed by atoms with Gasteiger partial charge in [-0.05, 0) is 56.3 Å². The van der Waals surface area contributed by atoms with Crippen LogP contribution in [0.5, 0.6) is 11.5 Å². The maximum Gasteiger partial charge on any atom is 0.136 e. The molecule has 1 atom stereocenters. The van der Waals surface area contributed by atoms with Gasteiger partial charge in [-0.1, -0.05) is 59.6 Å². The van der Waals surface area contributed by atoms with Crippen molar-refractivity contribution in [1.29, 1.82) is 0 Å². The summed E-state index contributed by atoms with van der Waals surface area (Å²) < 4.78 is 6.69. The van der Waals surface area contributed by atoms with E-state index in [1.54, 1.807) is 30.3 Å². The number of halogens is 1. The monoisotopic (exact) mass is 473 g/mol. The molecular weight excluding hydrogens is 442 g/mol. The molecule has 0 radical (unpaired) electrons. The van der Waals surface area contributed by atoms with Crippen LogP contribution in [0.2, 0.25) is 0 Å². The van der Waals surface area contributed by atoms with Crippen molar-refractivity contribution in [2.75, 3.05) is 26.7 Å². The van der Waals surface area contributed by atoms with Crippen molar-refractivity contribution in [1.82, 2.24) is 4.90 Å². The predicted octanol–water partition coefficient (Wildman–Crippen LogP) is 5.63. The van der Waals surface area contributed by atoms with E-state index in [1.165, 1.54) is 6.08 Å². The number of rotatable bonds is 13. The molecule has 2 N–H and O–H groups in total. The van der Waals surface area contributed by atoms with E-state index in [9.17, 15) is 10.2 Å². The van der Waals surface area contributed by atoms with Gasteiger partial charge in [0, 0.05) is 22.6 Å². The molecule has 0 aliphatic heterocycles. The highest BCUT2D eigenvalue weighted by molar-refractivity contribution is 9.10. The molecule has 30 heavy (non-hydrogen) atoms. The summed E-state index contributed by atoms with van der Waals surface area (Å²) in [6.45, 7) is 10.1. The molecule has 0 spiro atoms. The van der Waals surface area contributed by atoms with E-state index in [-0.39, 0.29) is 5.75 Å². The van der Waals surface area contributed by atoms with E-state index < -0.39 is 5.60 Å². The van der Waals surface area contributed by atoms with Crippen molar-refractivity contribution in [2.24, 2.45) is 0 Å². The molecule has 2 aromatic rings. The molecule has 0 aliphatic carbocycles. The number of unbranched alkanes of at least 4 members (excludes halogenated alkanes) is 3. The SMILES string of the molecule is C=CCN(C)CCCCCCOc1ccc(C(O)(C=C)c2ccc(Br)cc2)c(O)c1. The second-order valence-electron chi connectivity index (χ2n) is 7.47. The van der Waals surface area contributed by atoms with Crippen LogP contribution in [0.4, 0.5) is 0 Å². The molecule has 0 amide bonds. The Bertz CT molecular complexity index is 822. The molecular formula is C25H32BrNO3. The van der Waals surface area contributed by atoms with Gasteiger partial charge in [0.15, 0.2) is 0 Å². The number of hydrogen-bond acceptors (Lipinski definition) is 4. The molecule has 162 valence electrons. The number of phenols is 1. The summed E-state index contributed by atoms with van der Waals surface area (Å²) in [6.07, 6.45) is 7.74. The van der Waals surface area contributed by atoms with E-state index in [1.807, 2.05) is 18.2 Å². The molecule has 0 saturated carbocycles. The van der Waals surface area contributed by atoms with E-state index in [4.69, 9.17) is 4.74 Å². The second kappa shape index (κ2) is 11.9. The molecule has 4 nitrogen and oxygen atoms in total. The Morgan fingerprint density at radius 1 is 1.07 bits per heavy atom. The quantitative estimate of drug-likeness (QED) is 0.292. The highest BCUT2D eigenvalue weighted by atomic mass is 79.9. The Hall–Kier alpha value is -2.08. The molecule has 5 heteroatoms. The second-order valence-corrected chi connectivity index (χ2v) is 8.39. The zero-order valence-corrected chi connectivity index (χ0v) is 19.3. The highest BCUT2D eigenvalue weighted by Gasteiger charge is 2.31. The van der Waals surface area contributed by atoms with E-state index in [2.05, 4.69) is 41.0 Å². The fourth-order valence-electron chi connectivity index (χ4n) is 3.35. The summed E-state index contributed by atoms with van der Waals surface area (Å²) >= 11 is 3.39. The molecule has 0 bridgehead atoms. The molecule has 1 unspecified atom stereocenters. The van der Waals surface area contributed by atoms with Crippen LogP contribution < -0.4 is 4.74 Å². The lowest BCUT2D eigenvalue weighted by atomic mass is 9.86. The molecule has 0 heterocycles. The lowest BCUT2D eigenvalue weighted by Gasteiger charge is -2.26. The standard InChI is InChI=1S/C25H32BrNO3/c1-4-16-27(3)17-8-6-7-9-18-30-22-14-15-23(24(28)19-22)25(29,5-2)20-10-12-21(26)13-11-20/h4-5,10-15,19,28-29H,1-2,6-9,16-18H2,3H3. The zero-order chi connectivity index (χ0) is 22.0. The van der Waals surface area contributed by atoms with Gasteiger partial charge in [-0.2, -0.15) is 0 Å². The average molecular weight is 474 g/mol. The van der Waals surface area contributed by atoms with Gasteiger partial charge in [-0.25, -0.2) is 0 Å². The number of nitrogens with zero attached hydrogens (tertiary/aromatic N) is 1. The van der Waals surface area contributed by atoms with Crippen LogP contribution in [0.15, 0.2) is 72.2 Å². The normalized spacial score (nSPS) is 13.1. The Balaban J connectivity index is 1.88. The Morgan fingerprint density at radius 2 is 1.77 bits per heavy atom. The van der Waals surface area contributed by atoms with Gasteiger partial charge in [-0.15, -0.1) is 6.58 Å². The largest absolute Gasteiger partial charge is 0.507 e. The Labute approximate surface area is 188 Å². The van der Waals surface area contributed by atoms with Gasteiger partial charge in [0.25, 0.3) is 0 Å². The first-order chi connectivity index (χ1) is 14.4. The van der Waals surface area contributed by atoms with Crippen LogP contribution in [0.25, 0.3) is 0 Å². The van der Waals surface area contributed by atoms with Crippen LogP contribution in [0, 0.1) is 0 Å². The zero-order valence-electron chi connectivity index (χ0n) is 17.7. The third kappa shape index (κ3) is 6.73. The molecule has 0 aromatic heterocycles. The minimum Gasteiger partial charge on any atom is -0.507 e. The molecule has 0 fully saturated rings. The van der Waals surface area contributed by atoms with Crippen molar-refractivity contribution >= 4 is 15.9 Å². The minimum atomic E-state index is -1.48. The first-order valence-electron chi connectivity index (χ1n) is 10.3. The number of likely N-dealkylation sites (N-methyl/N-ethyl adjacent to an activating group) is 1. The third-order valence-corrected chi connectivity index (χ3v) is 5.63. The van der Waals surface area contributed by atoms with Crippen molar-refractivity contribution in [3.05, 3.63) is 83.4 Å². The number of aliphatic hydroxyl groups is 1. The van der Waals surface area contributed by atoms with Crippen molar-refractivity contribution in [2.45, 2.75) is 31.3 Å². The summed E-state index contributed by atoms with van der Waals surface area (Å²) in [7, 11) is 2.10. The summed E-state index contributed by atoms with van der Waals surface area (Å²) in [5.74, 6) is 0.562. The summed E-state index contributed by atoms with van der Waals surface area (Å²) in [5.41, 5.74) is -0.485. The van der Waals surface area contributed by atoms with Gasteiger partial charge < -0.3 is 19.8 Å². The average Bonchev–Trinajstić information content (AvgIpc) is 2.73. The number of benzene rings is 2. The van der Waals surface area contributed by atoms with Crippen LogP contribution in [0.1, 0.15) is 36.8 Å². The van der Waals surface area contributed by atoms with Crippen molar-refractivity contribution in [3.8, 4) is 11.5 Å². The van der Waals surface area contributed by atoms with Gasteiger partial charge in [0.1, 0.15) is 17.1 Å². The van der Waals surface area contributed by atoms with E-state index in [0.717, 1.165) is 43.2 Å². The summed E-state index contributed by atoms with van der Waals surface area (Å²) in [5, 5.41) is 21.7. The van der Waals surface area contributed by atoms with Crippen molar-refractivity contribution in [3.63, 3.8) is 0 Å². The number of phenolic OH excluding ortho intramolecular Hbond substituents is 1. The highest BCUT2D eigenvalue weighted by Crippen LogP contribution is 2.38. The van der Waals surface area contributed by atoms with E-state index >= 15 is 0 Å². The summed E-state index contributed by atoms with van der Waals surface area (Å²) in [4.78, 5) is 2.26. The maximum absolute atomic E-state index is 11.2. The van der Waals surface area contributed by atoms with Crippen molar-refractivity contribution < 1.29 is 14.9 Å². The maximum atomic E-state index is 11.2. The Kier molecular flexibility index (Phi) is 9.63. The first kappa shape index (κ1) is 24.2. The van der Waals surface area contributed by atoms with Crippen LogP contribution in [-0.2, 0) is 5.60 Å². The van der Waals surface area contributed by atoms with E-state index in [0.29, 0.717) is 23.5 Å². The van der Waals surface area contributed by atoms with Gasteiger partial charge in [0.05, 0.1) is 6.61 Å². The van der Waals surface area contributed by atoms with Crippen LogP contribution in [0.3, 0.4) is 0 Å². The number of hydrogen-bond donors (Lipinski definition) is 2. The molecule has 0 aliphatic rings. The Morgan fingerprint density at radius 3 is 2.40 bits per heavy atom. The van der Waals surface area contributed by atoms with Gasteiger partial charge >= 0.3 is 0 Å². The molecule has 0 saturated heterocycles. The van der Waals surface area contributed by atoms with Crippen LogP contribution >= 0.6 is 15.9 Å². The lowest BCUT2D eigenvalue weighted by molar-refractivity contribution is 0.131. The molecule has 2 aromatic carbocycles. The number of aromatic hydroxyl groups is 1. The van der Waals surface area contributed by atoms with Crippen LogP contribution in [-0.4, -0.2) is 41.9 Å². The summed E-state index contributed by atoms with van der Waals surface area (Å²) in [6, 6.07) is 12.3. The molecule has 2 rings (SSSR count). The third-order valence-electron chi connectivity index (χ3n) is 5.10. The fourth-order valence-corrected chi connectivity index (χ4v) is 3.61. The fraction of sp³-hybridized carbons (Fsp3) is 0.360. The lowest BCUT2D eigenvalue weighted by Crippen LogP contribution is -2.24. The minimum absolute atomic E-state index is 0.0249. The topological polar surface area (TPSA) is 52.9 Å². The van der Waals surface area contributed by atoms with Gasteiger partial charge in [0.2, 0.25) is 0 Å². The number of ether oxygens (including phenoxy) is 1. The smallest absolute Gasteiger partial charge is 0.136 e. The predicted molar refractivity (Wildman–Crippen MR) is 127 cm³/mol.